The smallest absolute Gasteiger partial charge is 0.110 e. The van der Waals surface area contributed by atoms with Crippen molar-refractivity contribution in [3.63, 3.8) is 0 Å². The Hall–Kier alpha value is -1.67. The maximum absolute atomic E-state index is 5.44. The van der Waals surface area contributed by atoms with E-state index in [1.54, 1.807) is 0 Å². The summed E-state index contributed by atoms with van der Waals surface area (Å²) in [5.74, 6) is 0. The zero-order valence-corrected chi connectivity index (χ0v) is 13.0. The zero-order chi connectivity index (χ0) is 14.4. The van der Waals surface area contributed by atoms with Gasteiger partial charge in [-0.2, -0.15) is 0 Å². The van der Waals surface area contributed by atoms with Crippen LogP contribution < -0.4 is 5.32 Å². The molecule has 0 unspecified atom stereocenters. The number of anilines is 1. The summed E-state index contributed by atoms with van der Waals surface area (Å²) in [5, 5.41) is 3.29. The fourth-order valence-corrected chi connectivity index (χ4v) is 2.30. The van der Waals surface area contributed by atoms with Crippen molar-refractivity contribution in [2.75, 3.05) is 5.32 Å². The number of unbranched alkanes of at least 4 members (excludes halogenated alkanes) is 1. The maximum atomic E-state index is 5.44. The fourth-order valence-electron chi connectivity index (χ4n) is 2.04. The lowest BCUT2D eigenvalue weighted by molar-refractivity contribution is 0.795. The van der Waals surface area contributed by atoms with Gasteiger partial charge in [0.05, 0.1) is 0 Å². The van der Waals surface area contributed by atoms with E-state index in [1.165, 1.54) is 24.0 Å². The molecule has 0 radical (unpaired) electrons. The van der Waals surface area contributed by atoms with Crippen molar-refractivity contribution in [1.29, 1.82) is 0 Å². The van der Waals surface area contributed by atoms with E-state index in [-0.39, 0.29) is 0 Å². The van der Waals surface area contributed by atoms with Gasteiger partial charge in [0, 0.05) is 11.3 Å². The topological polar surface area (TPSA) is 12.0 Å². The van der Waals surface area contributed by atoms with E-state index in [9.17, 15) is 0 Å². The average molecular weight is 283 g/mol. The van der Waals surface area contributed by atoms with Crippen LogP contribution in [0.5, 0.6) is 0 Å². The summed E-state index contributed by atoms with van der Waals surface area (Å²) in [5.41, 5.74) is 4.74. The number of benzene rings is 2. The van der Waals surface area contributed by atoms with Crippen LogP contribution in [-0.2, 0) is 6.42 Å². The highest BCUT2D eigenvalue weighted by Gasteiger charge is 2.01. The first kappa shape index (κ1) is 14.7. The van der Waals surface area contributed by atoms with Crippen molar-refractivity contribution in [3.8, 4) is 0 Å². The molecule has 2 aromatic rings. The minimum atomic E-state index is 0.770. The Kier molecular flexibility index (Phi) is 5.31. The monoisotopic (exact) mass is 283 g/mol. The van der Waals surface area contributed by atoms with E-state index < -0.39 is 0 Å². The number of hydrogen-bond acceptors (Lipinski definition) is 1. The van der Waals surface area contributed by atoms with Crippen LogP contribution in [0.3, 0.4) is 0 Å². The van der Waals surface area contributed by atoms with Gasteiger partial charge in [0.25, 0.3) is 0 Å². The lowest BCUT2D eigenvalue weighted by atomic mass is 10.1. The van der Waals surface area contributed by atoms with Gasteiger partial charge in [-0.1, -0.05) is 67.5 Å². The molecule has 0 fully saturated rings. The van der Waals surface area contributed by atoms with E-state index in [0.717, 1.165) is 22.7 Å². The van der Waals surface area contributed by atoms with Crippen LogP contribution in [-0.4, -0.2) is 4.99 Å². The van der Waals surface area contributed by atoms with Crippen LogP contribution in [0.1, 0.15) is 36.5 Å². The summed E-state index contributed by atoms with van der Waals surface area (Å²) in [7, 11) is 0. The quantitative estimate of drug-likeness (QED) is 0.764. The first-order valence-electron chi connectivity index (χ1n) is 7.16. The van der Waals surface area contributed by atoms with Crippen LogP contribution in [0, 0.1) is 6.92 Å². The SMILES string of the molecule is CCCCc1ccc(NC(=S)c2ccc(C)cc2)cc1. The summed E-state index contributed by atoms with van der Waals surface area (Å²) in [4.78, 5) is 0.770. The third-order valence-corrected chi connectivity index (χ3v) is 3.68. The second-order valence-electron chi connectivity index (χ2n) is 5.12. The van der Waals surface area contributed by atoms with Crippen LogP contribution >= 0.6 is 12.2 Å². The molecule has 2 heteroatoms. The molecule has 0 amide bonds. The van der Waals surface area contributed by atoms with Crippen molar-refractivity contribution in [2.24, 2.45) is 0 Å². The van der Waals surface area contributed by atoms with Gasteiger partial charge in [0.1, 0.15) is 4.99 Å². The Morgan fingerprint density at radius 1 is 1.00 bits per heavy atom. The normalized spacial score (nSPS) is 10.3. The molecule has 2 rings (SSSR count). The third kappa shape index (κ3) is 4.17. The molecule has 0 saturated carbocycles. The van der Waals surface area contributed by atoms with Gasteiger partial charge in [0.2, 0.25) is 0 Å². The van der Waals surface area contributed by atoms with Crippen molar-refractivity contribution in [3.05, 3.63) is 65.2 Å². The molecule has 0 saturated heterocycles. The molecule has 0 bridgehead atoms. The van der Waals surface area contributed by atoms with Gasteiger partial charge in [-0.3, -0.25) is 0 Å². The van der Waals surface area contributed by atoms with E-state index in [1.807, 2.05) is 0 Å². The fraction of sp³-hybridized carbons (Fsp3) is 0.278. The molecular formula is C18H21NS. The molecule has 1 nitrogen and oxygen atoms in total. The van der Waals surface area contributed by atoms with Gasteiger partial charge < -0.3 is 5.32 Å². The van der Waals surface area contributed by atoms with Crippen LogP contribution in [0.2, 0.25) is 0 Å². The summed E-state index contributed by atoms with van der Waals surface area (Å²) in [6, 6.07) is 16.8. The molecular weight excluding hydrogens is 262 g/mol. The Balaban J connectivity index is 1.99. The predicted octanol–water partition coefficient (Wildman–Crippen LogP) is 5.13. The molecule has 0 aromatic heterocycles. The van der Waals surface area contributed by atoms with Gasteiger partial charge in [-0.25, -0.2) is 0 Å². The molecule has 2 aromatic carbocycles. The number of nitrogens with one attached hydrogen (secondary N) is 1. The lowest BCUT2D eigenvalue weighted by Crippen LogP contribution is -2.10. The first-order valence-corrected chi connectivity index (χ1v) is 7.57. The van der Waals surface area contributed by atoms with E-state index >= 15 is 0 Å². The Labute approximate surface area is 127 Å². The molecule has 104 valence electrons. The van der Waals surface area contributed by atoms with Crippen molar-refractivity contribution in [2.45, 2.75) is 33.1 Å². The Bertz CT molecular complexity index is 555. The van der Waals surface area contributed by atoms with Crippen LogP contribution in [0.25, 0.3) is 0 Å². The minimum absolute atomic E-state index is 0.770. The highest BCUT2D eigenvalue weighted by atomic mass is 32.1. The lowest BCUT2D eigenvalue weighted by Gasteiger charge is -2.09. The van der Waals surface area contributed by atoms with Crippen molar-refractivity contribution < 1.29 is 0 Å². The second kappa shape index (κ2) is 7.20. The molecule has 0 aliphatic heterocycles. The molecule has 0 aliphatic rings. The number of rotatable bonds is 5. The van der Waals surface area contributed by atoms with Gasteiger partial charge in [-0.15, -0.1) is 0 Å². The largest absolute Gasteiger partial charge is 0.346 e. The summed E-state index contributed by atoms with van der Waals surface area (Å²) >= 11 is 5.44. The Morgan fingerprint density at radius 2 is 1.65 bits per heavy atom. The summed E-state index contributed by atoms with van der Waals surface area (Å²) in [6.45, 7) is 4.30. The number of aryl methyl sites for hydroxylation is 2. The van der Waals surface area contributed by atoms with E-state index in [4.69, 9.17) is 12.2 Å². The van der Waals surface area contributed by atoms with Crippen LogP contribution in [0.4, 0.5) is 5.69 Å². The van der Waals surface area contributed by atoms with E-state index in [2.05, 4.69) is 67.7 Å². The zero-order valence-electron chi connectivity index (χ0n) is 12.1. The highest BCUT2D eigenvalue weighted by Crippen LogP contribution is 2.14. The Morgan fingerprint density at radius 3 is 2.25 bits per heavy atom. The van der Waals surface area contributed by atoms with Gasteiger partial charge in [-0.05, 0) is 37.5 Å². The number of hydrogen-bond donors (Lipinski definition) is 1. The molecule has 1 N–H and O–H groups in total. The average Bonchev–Trinajstić information content (AvgIpc) is 2.47. The molecule has 0 atom stereocenters. The van der Waals surface area contributed by atoms with E-state index in [0.29, 0.717) is 0 Å². The maximum Gasteiger partial charge on any atom is 0.110 e. The molecule has 20 heavy (non-hydrogen) atoms. The third-order valence-electron chi connectivity index (χ3n) is 3.34. The second-order valence-corrected chi connectivity index (χ2v) is 5.53. The van der Waals surface area contributed by atoms with Gasteiger partial charge >= 0.3 is 0 Å². The molecule has 0 aliphatic carbocycles. The minimum Gasteiger partial charge on any atom is -0.346 e. The molecule has 0 heterocycles. The van der Waals surface area contributed by atoms with Crippen molar-refractivity contribution >= 4 is 22.9 Å². The highest BCUT2D eigenvalue weighted by molar-refractivity contribution is 7.81. The standard InChI is InChI=1S/C18H21NS/c1-3-4-5-15-8-12-17(13-9-15)19-18(20)16-10-6-14(2)7-11-16/h6-13H,3-5H2,1-2H3,(H,19,20). The summed E-state index contributed by atoms with van der Waals surface area (Å²) in [6.07, 6.45) is 3.63. The van der Waals surface area contributed by atoms with Crippen LogP contribution in [0.15, 0.2) is 48.5 Å². The predicted molar refractivity (Wildman–Crippen MR) is 91.6 cm³/mol. The summed E-state index contributed by atoms with van der Waals surface area (Å²) < 4.78 is 0. The number of thiocarbonyl (C=S) groups is 1. The molecule has 0 spiro atoms. The van der Waals surface area contributed by atoms with Gasteiger partial charge in [0.15, 0.2) is 0 Å². The van der Waals surface area contributed by atoms with Crippen molar-refractivity contribution in [1.82, 2.24) is 0 Å². The first-order chi connectivity index (χ1) is 9.69.